The van der Waals surface area contributed by atoms with E-state index in [1.165, 1.54) is 18.2 Å². The van der Waals surface area contributed by atoms with Crippen molar-refractivity contribution in [2.75, 3.05) is 19.6 Å². The van der Waals surface area contributed by atoms with Crippen molar-refractivity contribution >= 4 is 5.91 Å². The van der Waals surface area contributed by atoms with Crippen molar-refractivity contribution in [3.63, 3.8) is 0 Å². The fourth-order valence-electron chi connectivity index (χ4n) is 4.13. The van der Waals surface area contributed by atoms with Crippen LogP contribution in [0.5, 0.6) is 5.75 Å². The van der Waals surface area contributed by atoms with E-state index < -0.39 is 18.0 Å². The van der Waals surface area contributed by atoms with Crippen LogP contribution >= 0.6 is 0 Å². The first-order valence-corrected chi connectivity index (χ1v) is 9.19. The summed E-state index contributed by atoms with van der Waals surface area (Å²) in [6, 6.07) is 5.34. The molecular formula is C19H21F3N4O2. The molecule has 3 unspecified atom stereocenters. The van der Waals surface area contributed by atoms with E-state index in [0.717, 1.165) is 25.0 Å². The van der Waals surface area contributed by atoms with Crippen molar-refractivity contribution in [3.05, 3.63) is 48.0 Å². The molecule has 1 aromatic carbocycles. The van der Waals surface area contributed by atoms with Crippen molar-refractivity contribution in [2.45, 2.75) is 19.3 Å². The van der Waals surface area contributed by atoms with Gasteiger partial charge in [0.2, 0.25) is 0 Å². The second-order valence-corrected chi connectivity index (χ2v) is 7.38. The minimum Gasteiger partial charge on any atom is -0.406 e. The van der Waals surface area contributed by atoms with Gasteiger partial charge in [0.1, 0.15) is 11.6 Å². The van der Waals surface area contributed by atoms with E-state index in [1.807, 2.05) is 6.20 Å². The van der Waals surface area contributed by atoms with E-state index in [-0.39, 0.29) is 11.6 Å². The van der Waals surface area contributed by atoms with Crippen LogP contribution < -0.4 is 10.1 Å². The van der Waals surface area contributed by atoms with Crippen molar-refractivity contribution in [3.8, 4) is 5.75 Å². The maximum atomic E-state index is 12.3. The predicted molar refractivity (Wildman–Crippen MR) is 94.5 cm³/mol. The number of fused-ring (bicyclic) bond motifs is 1. The van der Waals surface area contributed by atoms with Crippen LogP contribution in [-0.4, -0.2) is 46.8 Å². The van der Waals surface area contributed by atoms with Gasteiger partial charge in [-0.1, -0.05) is 6.07 Å². The van der Waals surface area contributed by atoms with E-state index in [2.05, 4.69) is 31.8 Å². The SMILES string of the molecule is CC(c1ncc[nH]1)N1CC2C(CNC(=O)c3cccc(OC(F)(F)F)c3)C2C1. The molecule has 2 aliphatic rings. The first-order valence-electron chi connectivity index (χ1n) is 9.19. The van der Waals surface area contributed by atoms with Gasteiger partial charge in [-0.2, -0.15) is 0 Å². The lowest BCUT2D eigenvalue weighted by Crippen LogP contribution is -2.32. The third kappa shape index (κ3) is 3.99. The molecule has 2 heterocycles. The summed E-state index contributed by atoms with van der Waals surface area (Å²) in [6.07, 6.45) is -1.22. The van der Waals surface area contributed by atoms with E-state index >= 15 is 0 Å². The Balaban J connectivity index is 1.26. The zero-order valence-electron chi connectivity index (χ0n) is 15.2. The number of rotatable bonds is 6. The number of ether oxygens (including phenoxy) is 1. The number of aromatic amines is 1. The van der Waals surface area contributed by atoms with Crippen molar-refractivity contribution in [1.82, 2.24) is 20.2 Å². The molecule has 1 aliphatic carbocycles. The topological polar surface area (TPSA) is 70.2 Å². The van der Waals surface area contributed by atoms with Crippen LogP contribution in [0.3, 0.4) is 0 Å². The number of alkyl halides is 3. The number of hydrogen-bond acceptors (Lipinski definition) is 4. The molecule has 2 aromatic rings. The van der Waals surface area contributed by atoms with Gasteiger partial charge in [0, 0.05) is 37.6 Å². The summed E-state index contributed by atoms with van der Waals surface area (Å²) >= 11 is 0. The first kappa shape index (κ1) is 18.8. The number of aromatic nitrogens is 2. The molecule has 0 radical (unpaired) electrons. The van der Waals surface area contributed by atoms with E-state index in [0.29, 0.717) is 24.3 Å². The van der Waals surface area contributed by atoms with Gasteiger partial charge in [0.25, 0.3) is 5.91 Å². The first-order chi connectivity index (χ1) is 13.3. The lowest BCUT2D eigenvalue weighted by Gasteiger charge is -2.25. The quantitative estimate of drug-likeness (QED) is 0.790. The molecule has 6 nitrogen and oxygen atoms in total. The minimum atomic E-state index is -4.78. The summed E-state index contributed by atoms with van der Waals surface area (Å²) in [5.41, 5.74) is 0.153. The van der Waals surface area contributed by atoms with Crippen LogP contribution in [0.1, 0.15) is 29.1 Å². The maximum Gasteiger partial charge on any atom is 0.573 e. The van der Waals surface area contributed by atoms with E-state index in [9.17, 15) is 18.0 Å². The van der Waals surface area contributed by atoms with Crippen LogP contribution in [-0.2, 0) is 0 Å². The summed E-state index contributed by atoms with van der Waals surface area (Å²) in [4.78, 5) is 22.1. The van der Waals surface area contributed by atoms with Gasteiger partial charge in [0.05, 0.1) is 6.04 Å². The fraction of sp³-hybridized carbons (Fsp3) is 0.474. The van der Waals surface area contributed by atoms with Crippen LogP contribution in [0.2, 0.25) is 0 Å². The Morgan fingerprint density at radius 3 is 2.79 bits per heavy atom. The number of halogens is 3. The number of amides is 1. The minimum absolute atomic E-state index is 0.153. The third-order valence-corrected chi connectivity index (χ3v) is 5.69. The van der Waals surface area contributed by atoms with Crippen LogP contribution in [0.25, 0.3) is 0 Å². The summed E-state index contributed by atoms with van der Waals surface area (Å²) < 4.78 is 40.8. The lowest BCUT2D eigenvalue weighted by molar-refractivity contribution is -0.274. The van der Waals surface area contributed by atoms with Crippen molar-refractivity contribution in [1.29, 1.82) is 0 Å². The highest BCUT2D eigenvalue weighted by molar-refractivity contribution is 5.94. The molecule has 9 heteroatoms. The average Bonchev–Trinajstić information content (AvgIpc) is 3.05. The van der Waals surface area contributed by atoms with Gasteiger partial charge in [-0.05, 0) is 42.9 Å². The maximum absolute atomic E-state index is 12.3. The van der Waals surface area contributed by atoms with Crippen LogP contribution in [0.4, 0.5) is 13.2 Å². The smallest absolute Gasteiger partial charge is 0.406 e. The molecule has 1 amide bonds. The molecular weight excluding hydrogens is 373 g/mol. The highest BCUT2D eigenvalue weighted by Gasteiger charge is 2.56. The Morgan fingerprint density at radius 1 is 1.39 bits per heavy atom. The normalized spacial score (nSPS) is 25.2. The molecule has 0 bridgehead atoms. The molecule has 1 aliphatic heterocycles. The molecule has 4 rings (SSSR count). The molecule has 3 atom stereocenters. The molecule has 1 saturated carbocycles. The fourth-order valence-corrected chi connectivity index (χ4v) is 4.13. The lowest BCUT2D eigenvalue weighted by atomic mass is 10.2. The summed E-state index contributed by atoms with van der Waals surface area (Å²) in [6.45, 7) is 4.57. The molecule has 1 saturated heterocycles. The van der Waals surface area contributed by atoms with Gasteiger partial charge in [0.15, 0.2) is 0 Å². The van der Waals surface area contributed by atoms with Gasteiger partial charge < -0.3 is 15.0 Å². The van der Waals surface area contributed by atoms with Crippen LogP contribution in [0, 0.1) is 17.8 Å². The van der Waals surface area contributed by atoms with Gasteiger partial charge in [-0.25, -0.2) is 4.98 Å². The highest BCUT2D eigenvalue weighted by atomic mass is 19.4. The third-order valence-electron chi connectivity index (χ3n) is 5.69. The van der Waals surface area contributed by atoms with Crippen molar-refractivity contribution < 1.29 is 22.7 Å². The Bertz CT molecular complexity index is 828. The van der Waals surface area contributed by atoms with Gasteiger partial charge >= 0.3 is 6.36 Å². The standard InChI is InChI=1S/C19H21F3N4O2/c1-11(17-23-5-6-24-17)26-9-15-14(16(15)10-26)8-25-18(27)12-3-2-4-13(7-12)28-19(20,21)22/h2-7,11,14-16H,8-10H2,1H3,(H,23,24)(H,25,27). The molecule has 2 fully saturated rings. The predicted octanol–water partition coefficient (Wildman–Crippen LogP) is 2.98. The Hall–Kier alpha value is -2.55. The average molecular weight is 394 g/mol. The van der Waals surface area contributed by atoms with Gasteiger partial charge in [-0.3, -0.25) is 9.69 Å². The summed E-state index contributed by atoms with van der Waals surface area (Å²) in [5, 5.41) is 2.84. The number of carbonyl (C=O) groups is 1. The largest absolute Gasteiger partial charge is 0.573 e. The number of benzene rings is 1. The second kappa shape index (κ2) is 7.12. The number of likely N-dealkylation sites (tertiary alicyclic amines) is 1. The zero-order valence-corrected chi connectivity index (χ0v) is 15.2. The molecule has 0 spiro atoms. The number of imidazole rings is 1. The number of H-pyrrole nitrogens is 1. The molecule has 28 heavy (non-hydrogen) atoms. The number of carbonyl (C=O) groups excluding carboxylic acids is 1. The summed E-state index contributed by atoms with van der Waals surface area (Å²) in [7, 11) is 0. The zero-order chi connectivity index (χ0) is 19.9. The number of hydrogen-bond donors (Lipinski definition) is 2. The van der Waals surface area contributed by atoms with E-state index in [1.54, 1.807) is 6.20 Å². The van der Waals surface area contributed by atoms with Crippen molar-refractivity contribution in [2.24, 2.45) is 17.8 Å². The number of nitrogens with zero attached hydrogens (tertiary/aromatic N) is 2. The molecule has 1 aromatic heterocycles. The number of piperidine rings is 1. The summed E-state index contributed by atoms with van der Waals surface area (Å²) in [5.74, 6) is 1.66. The number of nitrogens with one attached hydrogen (secondary N) is 2. The van der Waals surface area contributed by atoms with Gasteiger partial charge in [-0.15, -0.1) is 13.2 Å². The Morgan fingerprint density at radius 2 is 2.14 bits per heavy atom. The molecule has 2 N–H and O–H groups in total. The molecule has 150 valence electrons. The Kier molecular flexibility index (Phi) is 4.78. The second-order valence-electron chi connectivity index (χ2n) is 7.38. The highest BCUT2D eigenvalue weighted by Crippen LogP contribution is 2.52. The van der Waals surface area contributed by atoms with Crippen LogP contribution in [0.15, 0.2) is 36.7 Å². The monoisotopic (exact) mass is 394 g/mol. The Labute approximate surface area is 160 Å². The van der Waals surface area contributed by atoms with E-state index in [4.69, 9.17) is 0 Å².